The number of alkyl halides is 1. The van der Waals surface area contributed by atoms with Gasteiger partial charge in [0.2, 0.25) is 0 Å². The second-order valence-corrected chi connectivity index (χ2v) is 3.30. The molecule has 1 N–H and O–H groups in total. The van der Waals surface area contributed by atoms with Crippen molar-refractivity contribution >= 4 is 23.2 Å². The first-order valence-corrected chi connectivity index (χ1v) is 4.67. The SMILES string of the molecule is COc1cc(Cl)ccc1C(O)CCl. The molecule has 1 aromatic rings. The van der Waals surface area contributed by atoms with Gasteiger partial charge in [-0.25, -0.2) is 0 Å². The number of benzene rings is 1. The fourth-order valence-electron chi connectivity index (χ4n) is 1.04. The van der Waals surface area contributed by atoms with E-state index in [2.05, 4.69) is 0 Å². The number of aliphatic hydroxyl groups is 1. The highest BCUT2D eigenvalue weighted by Crippen LogP contribution is 2.28. The van der Waals surface area contributed by atoms with E-state index in [-0.39, 0.29) is 5.88 Å². The molecule has 0 bridgehead atoms. The molecule has 4 heteroatoms. The Hall–Kier alpha value is -0.440. The molecule has 0 aliphatic carbocycles. The van der Waals surface area contributed by atoms with Gasteiger partial charge in [0.05, 0.1) is 19.1 Å². The summed E-state index contributed by atoms with van der Waals surface area (Å²) < 4.78 is 5.05. The zero-order valence-corrected chi connectivity index (χ0v) is 8.64. The molecule has 2 nitrogen and oxygen atoms in total. The quantitative estimate of drug-likeness (QED) is 0.795. The Balaban J connectivity index is 3.05. The van der Waals surface area contributed by atoms with Gasteiger partial charge in [0.15, 0.2) is 0 Å². The molecular formula is C9H10Cl2O2. The van der Waals surface area contributed by atoms with Gasteiger partial charge in [0.25, 0.3) is 0 Å². The Morgan fingerprint density at radius 2 is 2.23 bits per heavy atom. The predicted octanol–water partition coefficient (Wildman–Crippen LogP) is 2.62. The van der Waals surface area contributed by atoms with Crippen LogP contribution in [0.2, 0.25) is 5.02 Å². The van der Waals surface area contributed by atoms with E-state index >= 15 is 0 Å². The van der Waals surface area contributed by atoms with E-state index in [4.69, 9.17) is 27.9 Å². The number of hydrogen-bond donors (Lipinski definition) is 1. The van der Waals surface area contributed by atoms with Crippen LogP contribution in [-0.2, 0) is 0 Å². The Bertz CT molecular complexity index is 289. The number of ether oxygens (including phenoxy) is 1. The molecule has 0 amide bonds. The van der Waals surface area contributed by atoms with Gasteiger partial charge in [-0.15, -0.1) is 11.6 Å². The van der Waals surface area contributed by atoms with E-state index < -0.39 is 6.10 Å². The molecular weight excluding hydrogens is 211 g/mol. The highest BCUT2D eigenvalue weighted by Gasteiger charge is 2.11. The van der Waals surface area contributed by atoms with E-state index in [9.17, 15) is 5.11 Å². The number of halogens is 2. The van der Waals surface area contributed by atoms with Gasteiger partial charge in [-0.1, -0.05) is 17.7 Å². The third-order valence-electron chi connectivity index (χ3n) is 1.70. The first-order chi connectivity index (χ1) is 6.19. The van der Waals surface area contributed by atoms with Crippen LogP contribution >= 0.6 is 23.2 Å². The fraction of sp³-hybridized carbons (Fsp3) is 0.333. The normalized spacial score (nSPS) is 12.6. The summed E-state index contributed by atoms with van der Waals surface area (Å²) in [4.78, 5) is 0. The van der Waals surface area contributed by atoms with Crippen LogP contribution in [0.25, 0.3) is 0 Å². The lowest BCUT2D eigenvalue weighted by Gasteiger charge is -2.12. The van der Waals surface area contributed by atoms with Crippen LogP contribution in [0.1, 0.15) is 11.7 Å². The lowest BCUT2D eigenvalue weighted by atomic mass is 10.1. The maximum atomic E-state index is 9.48. The zero-order chi connectivity index (χ0) is 9.84. The molecule has 13 heavy (non-hydrogen) atoms. The van der Waals surface area contributed by atoms with E-state index in [0.717, 1.165) is 0 Å². The summed E-state index contributed by atoms with van der Waals surface area (Å²) in [6.07, 6.45) is -0.714. The second-order valence-electron chi connectivity index (χ2n) is 2.56. The average Bonchev–Trinajstić information content (AvgIpc) is 2.16. The van der Waals surface area contributed by atoms with Gasteiger partial charge in [-0.3, -0.25) is 0 Å². The Labute approximate surface area is 87.0 Å². The van der Waals surface area contributed by atoms with Crippen molar-refractivity contribution in [2.75, 3.05) is 13.0 Å². The molecule has 1 rings (SSSR count). The molecule has 1 aromatic carbocycles. The van der Waals surface area contributed by atoms with Crippen LogP contribution in [0.4, 0.5) is 0 Å². The van der Waals surface area contributed by atoms with Gasteiger partial charge >= 0.3 is 0 Å². The topological polar surface area (TPSA) is 29.5 Å². The highest BCUT2D eigenvalue weighted by atomic mass is 35.5. The standard InChI is InChI=1S/C9H10Cl2O2/c1-13-9-4-6(11)2-3-7(9)8(12)5-10/h2-4,8,12H,5H2,1H3. The molecule has 72 valence electrons. The monoisotopic (exact) mass is 220 g/mol. The Morgan fingerprint density at radius 1 is 1.54 bits per heavy atom. The smallest absolute Gasteiger partial charge is 0.126 e. The van der Waals surface area contributed by atoms with Crippen LogP contribution in [-0.4, -0.2) is 18.1 Å². The van der Waals surface area contributed by atoms with Crippen LogP contribution in [0.15, 0.2) is 18.2 Å². The predicted molar refractivity (Wildman–Crippen MR) is 53.7 cm³/mol. The van der Waals surface area contributed by atoms with Crippen molar-refractivity contribution in [1.29, 1.82) is 0 Å². The summed E-state index contributed by atoms with van der Waals surface area (Å²) in [6, 6.07) is 5.04. The third-order valence-corrected chi connectivity index (χ3v) is 2.23. The largest absolute Gasteiger partial charge is 0.496 e. The molecule has 0 saturated carbocycles. The number of aliphatic hydroxyl groups excluding tert-OH is 1. The van der Waals surface area contributed by atoms with Crippen molar-refractivity contribution in [3.63, 3.8) is 0 Å². The van der Waals surface area contributed by atoms with Gasteiger partial charge in [0, 0.05) is 10.6 Å². The first-order valence-electron chi connectivity index (χ1n) is 3.76. The summed E-state index contributed by atoms with van der Waals surface area (Å²) in [7, 11) is 1.52. The minimum Gasteiger partial charge on any atom is -0.496 e. The van der Waals surface area contributed by atoms with Crippen LogP contribution in [0.3, 0.4) is 0 Å². The van der Waals surface area contributed by atoms with Crippen molar-refractivity contribution in [3.05, 3.63) is 28.8 Å². The van der Waals surface area contributed by atoms with Gasteiger partial charge < -0.3 is 9.84 Å². The van der Waals surface area contributed by atoms with Crippen LogP contribution in [0.5, 0.6) is 5.75 Å². The Morgan fingerprint density at radius 3 is 2.77 bits per heavy atom. The van der Waals surface area contributed by atoms with E-state index in [0.29, 0.717) is 16.3 Å². The maximum absolute atomic E-state index is 9.48. The van der Waals surface area contributed by atoms with Crippen LogP contribution < -0.4 is 4.74 Å². The summed E-state index contributed by atoms with van der Waals surface area (Å²) in [5, 5.41) is 10.0. The highest BCUT2D eigenvalue weighted by molar-refractivity contribution is 6.30. The van der Waals surface area contributed by atoms with E-state index in [1.54, 1.807) is 18.2 Å². The number of rotatable bonds is 3. The molecule has 0 saturated heterocycles. The second kappa shape index (κ2) is 4.70. The van der Waals surface area contributed by atoms with Crippen molar-refractivity contribution in [2.45, 2.75) is 6.10 Å². The maximum Gasteiger partial charge on any atom is 0.126 e. The molecule has 1 atom stereocenters. The fourth-order valence-corrected chi connectivity index (χ4v) is 1.37. The molecule has 0 aromatic heterocycles. The third kappa shape index (κ3) is 2.50. The molecule has 1 unspecified atom stereocenters. The Kier molecular flexibility index (Phi) is 3.85. The van der Waals surface area contributed by atoms with Gasteiger partial charge in [-0.05, 0) is 12.1 Å². The molecule has 0 aliphatic heterocycles. The zero-order valence-electron chi connectivity index (χ0n) is 7.13. The summed E-state index contributed by atoms with van der Waals surface area (Å²) in [5.74, 6) is 0.693. The minimum atomic E-state index is -0.714. The molecule has 0 aliphatic rings. The summed E-state index contributed by atoms with van der Waals surface area (Å²) in [5.41, 5.74) is 0.655. The van der Waals surface area contributed by atoms with Crippen molar-refractivity contribution < 1.29 is 9.84 Å². The molecule has 0 spiro atoms. The number of methoxy groups -OCH3 is 1. The minimum absolute atomic E-state index is 0.137. The lowest BCUT2D eigenvalue weighted by molar-refractivity contribution is 0.197. The van der Waals surface area contributed by atoms with Crippen molar-refractivity contribution in [1.82, 2.24) is 0 Å². The summed E-state index contributed by atoms with van der Waals surface area (Å²) >= 11 is 11.3. The average molecular weight is 221 g/mol. The van der Waals surface area contributed by atoms with Gasteiger partial charge in [-0.2, -0.15) is 0 Å². The first kappa shape index (κ1) is 10.6. The molecule has 0 heterocycles. The van der Waals surface area contributed by atoms with E-state index in [1.165, 1.54) is 7.11 Å². The van der Waals surface area contributed by atoms with Crippen LogP contribution in [0, 0.1) is 0 Å². The lowest BCUT2D eigenvalue weighted by Crippen LogP contribution is -2.01. The number of hydrogen-bond acceptors (Lipinski definition) is 2. The van der Waals surface area contributed by atoms with E-state index in [1.807, 2.05) is 0 Å². The van der Waals surface area contributed by atoms with Gasteiger partial charge in [0.1, 0.15) is 5.75 Å². The molecule has 0 fully saturated rings. The summed E-state index contributed by atoms with van der Waals surface area (Å²) in [6.45, 7) is 0. The van der Waals surface area contributed by atoms with Crippen molar-refractivity contribution in [2.24, 2.45) is 0 Å². The van der Waals surface area contributed by atoms with Crippen molar-refractivity contribution in [3.8, 4) is 5.75 Å². The molecule has 0 radical (unpaired) electrons.